The largest absolute Gasteiger partial charge is 0.352 e. The minimum absolute atomic E-state index is 0. The summed E-state index contributed by atoms with van der Waals surface area (Å²) in [5, 5.41) is 5.77. The van der Waals surface area contributed by atoms with E-state index in [-0.39, 0.29) is 30.3 Å². The maximum absolute atomic E-state index is 12.2. The average molecular weight is 356 g/mol. The van der Waals surface area contributed by atoms with Crippen LogP contribution in [0.15, 0.2) is 24.3 Å². The second-order valence-corrected chi connectivity index (χ2v) is 5.57. The molecule has 0 spiro atoms. The molecule has 1 rings (SSSR count). The monoisotopic (exact) mass is 355 g/mol. The lowest BCUT2D eigenvalue weighted by Gasteiger charge is -2.25. The molecule has 0 fully saturated rings. The summed E-state index contributed by atoms with van der Waals surface area (Å²) in [4.78, 5) is 26.2. The van der Waals surface area contributed by atoms with Gasteiger partial charge in [0.2, 0.25) is 5.91 Å². The van der Waals surface area contributed by atoms with Gasteiger partial charge in [-0.25, -0.2) is 0 Å². The van der Waals surface area contributed by atoms with Gasteiger partial charge in [0.15, 0.2) is 0 Å². The van der Waals surface area contributed by atoms with Crippen molar-refractivity contribution in [3.8, 4) is 0 Å². The standard InChI is InChI=1S/C18H29N3O2.ClH/c1-5-8-13-19-18(23)15-9-11-16(12-10-15)20-17(22)14(4)21(6-2)7-3;/h9-12,14H,5-8,13H2,1-4H3,(H,19,23)(H,20,22);1H. The molecule has 1 aromatic rings. The van der Waals surface area contributed by atoms with E-state index in [1.807, 2.05) is 20.8 Å². The topological polar surface area (TPSA) is 61.4 Å². The molecule has 0 heterocycles. The van der Waals surface area contributed by atoms with Crippen LogP contribution in [0, 0.1) is 0 Å². The van der Waals surface area contributed by atoms with Gasteiger partial charge in [0.05, 0.1) is 6.04 Å². The lowest BCUT2D eigenvalue weighted by molar-refractivity contribution is -0.120. The Morgan fingerprint density at radius 3 is 2.17 bits per heavy atom. The normalized spacial score (nSPS) is 11.5. The first-order valence-electron chi connectivity index (χ1n) is 8.46. The maximum atomic E-state index is 12.2. The predicted molar refractivity (Wildman–Crippen MR) is 102 cm³/mol. The number of hydrogen-bond acceptors (Lipinski definition) is 3. The number of halogens is 1. The van der Waals surface area contributed by atoms with E-state index in [0.29, 0.717) is 17.8 Å². The molecule has 5 nitrogen and oxygen atoms in total. The SMILES string of the molecule is CCCCNC(=O)c1ccc(NC(=O)C(C)N(CC)CC)cc1.Cl. The number of anilines is 1. The Kier molecular flexibility index (Phi) is 11.1. The molecule has 1 atom stereocenters. The molecule has 1 unspecified atom stereocenters. The van der Waals surface area contributed by atoms with Crippen molar-refractivity contribution in [2.75, 3.05) is 25.0 Å². The molecule has 0 aliphatic rings. The van der Waals surface area contributed by atoms with Crippen LogP contribution < -0.4 is 10.6 Å². The van der Waals surface area contributed by atoms with Gasteiger partial charge in [-0.15, -0.1) is 12.4 Å². The van der Waals surface area contributed by atoms with Gasteiger partial charge < -0.3 is 10.6 Å². The Labute approximate surface area is 151 Å². The molecule has 24 heavy (non-hydrogen) atoms. The smallest absolute Gasteiger partial charge is 0.251 e. The van der Waals surface area contributed by atoms with Crippen LogP contribution in [0.3, 0.4) is 0 Å². The van der Waals surface area contributed by atoms with Crippen molar-refractivity contribution in [2.24, 2.45) is 0 Å². The molecule has 1 aromatic carbocycles. The van der Waals surface area contributed by atoms with E-state index in [0.717, 1.165) is 25.9 Å². The molecule has 0 saturated heterocycles. The molecule has 6 heteroatoms. The van der Waals surface area contributed by atoms with Crippen molar-refractivity contribution < 1.29 is 9.59 Å². The number of benzene rings is 1. The number of carbonyl (C=O) groups excluding carboxylic acids is 2. The molecule has 136 valence electrons. The van der Waals surface area contributed by atoms with Gasteiger partial charge in [-0.1, -0.05) is 27.2 Å². The number of hydrogen-bond donors (Lipinski definition) is 2. The van der Waals surface area contributed by atoms with Crippen LogP contribution in [0.1, 0.15) is 50.9 Å². The van der Waals surface area contributed by atoms with Gasteiger partial charge >= 0.3 is 0 Å². The van der Waals surface area contributed by atoms with E-state index in [1.165, 1.54) is 0 Å². The van der Waals surface area contributed by atoms with Gasteiger partial charge in [-0.3, -0.25) is 14.5 Å². The van der Waals surface area contributed by atoms with Crippen molar-refractivity contribution in [3.05, 3.63) is 29.8 Å². The third-order valence-corrected chi connectivity index (χ3v) is 3.97. The number of amides is 2. The number of rotatable bonds is 9. The highest BCUT2D eigenvalue weighted by atomic mass is 35.5. The van der Waals surface area contributed by atoms with Crippen LogP contribution in [0.4, 0.5) is 5.69 Å². The zero-order valence-electron chi connectivity index (χ0n) is 15.1. The highest BCUT2D eigenvalue weighted by Crippen LogP contribution is 2.11. The van der Waals surface area contributed by atoms with Crippen molar-refractivity contribution in [3.63, 3.8) is 0 Å². The Morgan fingerprint density at radius 1 is 1.08 bits per heavy atom. The molecule has 2 N–H and O–H groups in total. The van der Waals surface area contributed by atoms with Crippen LogP contribution in [0.2, 0.25) is 0 Å². The first kappa shape index (κ1) is 22.4. The fourth-order valence-corrected chi connectivity index (χ4v) is 2.37. The van der Waals surface area contributed by atoms with Gasteiger partial charge in [0.1, 0.15) is 0 Å². The van der Waals surface area contributed by atoms with Gasteiger partial charge in [-0.05, 0) is 50.7 Å². The fourth-order valence-electron chi connectivity index (χ4n) is 2.37. The Morgan fingerprint density at radius 2 is 1.67 bits per heavy atom. The second kappa shape index (κ2) is 11.9. The van der Waals surface area contributed by atoms with Crippen LogP contribution in [-0.4, -0.2) is 42.4 Å². The number of unbranched alkanes of at least 4 members (excludes halogenated alkanes) is 1. The second-order valence-electron chi connectivity index (χ2n) is 5.57. The summed E-state index contributed by atoms with van der Waals surface area (Å²) < 4.78 is 0. The van der Waals surface area contributed by atoms with Crippen molar-refractivity contribution in [2.45, 2.75) is 46.6 Å². The summed E-state index contributed by atoms with van der Waals surface area (Å²) in [6, 6.07) is 6.82. The molecule has 0 aliphatic heterocycles. The fraction of sp³-hybridized carbons (Fsp3) is 0.556. The molecule has 0 aliphatic carbocycles. The predicted octanol–water partition coefficient (Wildman–Crippen LogP) is 3.31. The van der Waals surface area contributed by atoms with Gasteiger partial charge in [0.25, 0.3) is 5.91 Å². The van der Waals surface area contributed by atoms with Crippen molar-refractivity contribution in [1.82, 2.24) is 10.2 Å². The first-order valence-corrected chi connectivity index (χ1v) is 8.46. The number of nitrogens with one attached hydrogen (secondary N) is 2. The summed E-state index contributed by atoms with van der Waals surface area (Å²) in [5.41, 5.74) is 1.31. The lowest BCUT2D eigenvalue weighted by Crippen LogP contribution is -2.41. The zero-order valence-corrected chi connectivity index (χ0v) is 15.9. The van der Waals surface area contributed by atoms with Crippen LogP contribution in [-0.2, 0) is 4.79 Å². The molecule has 0 bridgehead atoms. The minimum atomic E-state index is -0.179. The third-order valence-electron chi connectivity index (χ3n) is 3.97. The summed E-state index contributed by atoms with van der Waals surface area (Å²) >= 11 is 0. The molecular weight excluding hydrogens is 326 g/mol. The van der Waals surface area contributed by atoms with E-state index < -0.39 is 0 Å². The summed E-state index contributed by atoms with van der Waals surface area (Å²) in [7, 11) is 0. The highest BCUT2D eigenvalue weighted by Gasteiger charge is 2.18. The Bertz CT molecular complexity index is 501. The maximum Gasteiger partial charge on any atom is 0.251 e. The molecule has 0 radical (unpaired) electrons. The highest BCUT2D eigenvalue weighted by molar-refractivity contribution is 5.97. The number of carbonyl (C=O) groups is 2. The third kappa shape index (κ3) is 6.89. The summed E-state index contributed by atoms with van der Waals surface area (Å²) in [6.45, 7) is 10.4. The zero-order chi connectivity index (χ0) is 17.2. The first-order chi connectivity index (χ1) is 11.0. The van der Waals surface area contributed by atoms with E-state index in [9.17, 15) is 9.59 Å². The minimum Gasteiger partial charge on any atom is -0.352 e. The van der Waals surface area contributed by atoms with Crippen LogP contribution in [0.5, 0.6) is 0 Å². The van der Waals surface area contributed by atoms with Crippen molar-refractivity contribution in [1.29, 1.82) is 0 Å². The molecule has 2 amide bonds. The number of nitrogens with zero attached hydrogens (tertiary/aromatic N) is 1. The quantitative estimate of drug-likeness (QED) is 0.668. The summed E-state index contributed by atoms with van der Waals surface area (Å²) in [5.74, 6) is -0.110. The van der Waals surface area contributed by atoms with E-state index in [1.54, 1.807) is 24.3 Å². The molecular formula is C18H30ClN3O2. The van der Waals surface area contributed by atoms with Crippen LogP contribution in [0.25, 0.3) is 0 Å². The Balaban J connectivity index is 0.00000529. The lowest BCUT2D eigenvalue weighted by atomic mass is 10.1. The van der Waals surface area contributed by atoms with E-state index >= 15 is 0 Å². The summed E-state index contributed by atoms with van der Waals surface area (Å²) in [6.07, 6.45) is 2.03. The number of likely N-dealkylation sites (N-methyl/N-ethyl adjacent to an activating group) is 1. The van der Waals surface area contributed by atoms with Crippen molar-refractivity contribution >= 4 is 29.9 Å². The van der Waals surface area contributed by atoms with E-state index in [4.69, 9.17) is 0 Å². The van der Waals surface area contributed by atoms with Gasteiger partial charge in [0, 0.05) is 17.8 Å². The molecule has 0 aromatic heterocycles. The van der Waals surface area contributed by atoms with Crippen LogP contribution >= 0.6 is 12.4 Å². The Hall–Kier alpha value is -1.59. The van der Waals surface area contributed by atoms with E-state index in [2.05, 4.69) is 22.5 Å². The average Bonchev–Trinajstić information content (AvgIpc) is 2.56. The van der Waals surface area contributed by atoms with Gasteiger partial charge in [-0.2, -0.15) is 0 Å². The molecule has 0 saturated carbocycles.